The molecule has 1 fully saturated rings. The highest BCUT2D eigenvalue weighted by atomic mass is 16.5. The number of aliphatic hydroxyl groups is 1. The van der Waals surface area contributed by atoms with E-state index in [1.165, 1.54) is 0 Å². The van der Waals surface area contributed by atoms with E-state index in [0.717, 1.165) is 32.7 Å². The van der Waals surface area contributed by atoms with Gasteiger partial charge in [0.15, 0.2) is 5.82 Å². The van der Waals surface area contributed by atoms with Gasteiger partial charge in [0, 0.05) is 46.3 Å². The van der Waals surface area contributed by atoms with Crippen molar-refractivity contribution in [2.24, 2.45) is 5.41 Å². The van der Waals surface area contributed by atoms with E-state index in [9.17, 15) is 5.11 Å². The fourth-order valence-corrected chi connectivity index (χ4v) is 2.49. The van der Waals surface area contributed by atoms with E-state index in [4.69, 9.17) is 9.26 Å². The molecule has 0 aromatic carbocycles. The molecule has 132 valence electrons. The van der Waals surface area contributed by atoms with Gasteiger partial charge in [-0.15, -0.1) is 0 Å². The number of ether oxygens (including phenoxy) is 1. The van der Waals surface area contributed by atoms with Gasteiger partial charge in [-0.2, -0.15) is 4.98 Å². The first kappa shape index (κ1) is 18.3. The topological polar surface area (TPSA) is 74.9 Å². The van der Waals surface area contributed by atoms with Crippen molar-refractivity contribution in [3.8, 4) is 0 Å². The maximum absolute atomic E-state index is 10.2. The summed E-state index contributed by atoms with van der Waals surface area (Å²) in [5, 5.41) is 14.2. The molecule has 7 nitrogen and oxygen atoms in total. The molecule has 7 heteroatoms. The third-order valence-corrected chi connectivity index (χ3v) is 4.29. The van der Waals surface area contributed by atoms with Crippen LogP contribution in [0.15, 0.2) is 4.52 Å². The van der Waals surface area contributed by atoms with Crippen molar-refractivity contribution in [2.75, 3.05) is 46.4 Å². The summed E-state index contributed by atoms with van der Waals surface area (Å²) in [4.78, 5) is 9.03. The van der Waals surface area contributed by atoms with Crippen LogP contribution in [0.25, 0.3) is 0 Å². The average molecular weight is 326 g/mol. The summed E-state index contributed by atoms with van der Waals surface area (Å²) >= 11 is 0. The number of nitrogens with zero attached hydrogens (tertiary/aromatic N) is 4. The van der Waals surface area contributed by atoms with Crippen molar-refractivity contribution in [1.29, 1.82) is 0 Å². The van der Waals surface area contributed by atoms with Crippen molar-refractivity contribution in [1.82, 2.24) is 19.9 Å². The number of β-amino-alcohol motifs (C(OH)–C–C–N with tert-alkyl or cyclic N) is 1. The molecule has 1 N–H and O–H groups in total. The van der Waals surface area contributed by atoms with Crippen LogP contribution in [0, 0.1) is 5.41 Å². The molecule has 2 heterocycles. The Morgan fingerprint density at radius 3 is 2.48 bits per heavy atom. The first-order chi connectivity index (χ1) is 10.9. The van der Waals surface area contributed by atoms with Gasteiger partial charge in [0.1, 0.15) is 0 Å². The summed E-state index contributed by atoms with van der Waals surface area (Å²) in [5.74, 6) is 1.37. The number of aliphatic hydroxyl groups excluding tert-OH is 1. The molecule has 1 aromatic heterocycles. The Kier molecular flexibility index (Phi) is 6.52. The molecule has 0 amide bonds. The zero-order valence-corrected chi connectivity index (χ0v) is 14.8. The standard InChI is InChI=1S/C16H30N4O3/c1-16(2,3)13(21)11-19-6-8-20(9-7-19)12-15-17-14(18-23-15)5-10-22-4/h13,21H,5-12H2,1-4H3/t13-/m0/s1. The van der Waals surface area contributed by atoms with Crippen LogP contribution in [0.4, 0.5) is 0 Å². The van der Waals surface area contributed by atoms with Gasteiger partial charge < -0.3 is 14.4 Å². The van der Waals surface area contributed by atoms with Crippen molar-refractivity contribution in [3.63, 3.8) is 0 Å². The molecule has 1 aromatic rings. The van der Waals surface area contributed by atoms with Crippen LogP contribution in [0.1, 0.15) is 32.5 Å². The third-order valence-electron chi connectivity index (χ3n) is 4.29. The van der Waals surface area contributed by atoms with Gasteiger partial charge in [-0.25, -0.2) is 0 Å². The quantitative estimate of drug-likeness (QED) is 0.793. The molecular weight excluding hydrogens is 296 g/mol. The smallest absolute Gasteiger partial charge is 0.240 e. The first-order valence-electron chi connectivity index (χ1n) is 8.31. The molecule has 0 spiro atoms. The number of rotatable bonds is 7. The molecule has 23 heavy (non-hydrogen) atoms. The van der Waals surface area contributed by atoms with Crippen molar-refractivity contribution < 1.29 is 14.4 Å². The first-order valence-corrected chi connectivity index (χ1v) is 8.31. The Balaban J connectivity index is 1.73. The van der Waals surface area contributed by atoms with Crippen LogP contribution < -0.4 is 0 Å². The molecule has 0 saturated carbocycles. The molecule has 1 atom stereocenters. The lowest BCUT2D eigenvalue weighted by molar-refractivity contribution is 0.0115. The van der Waals surface area contributed by atoms with Gasteiger partial charge >= 0.3 is 0 Å². The molecular formula is C16H30N4O3. The van der Waals surface area contributed by atoms with Gasteiger partial charge in [0.05, 0.1) is 19.3 Å². The largest absolute Gasteiger partial charge is 0.391 e. The second-order valence-electron chi connectivity index (χ2n) is 7.31. The Morgan fingerprint density at radius 1 is 1.22 bits per heavy atom. The van der Waals surface area contributed by atoms with Gasteiger partial charge in [-0.3, -0.25) is 9.80 Å². The summed E-state index contributed by atoms with van der Waals surface area (Å²) in [6, 6.07) is 0. The van der Waals surface area contributed by atoms with E-state index in [-0.39, 0.29) is 11.5 Å². The van der Waals surface area contributed by atoms with Crippen molar-refractivity contribution in [3.05, 3.63) is 11.7 Å². The van der Waals surface area contributed by atoms with Crippen LogP contribution >= 0.6 is 0 Å². The molecule has 0 aliphatic carbocycles. The van der Waals surface area contributed by atoms with Crippen LogP contribution in [0.3, 0.4) is 0 Å². The van der Waals surface area contributed by atoms with E-state index in [1.807, 2.05) is 0 Å². The lowest BCUT2D eigenvalue weighted by atomic mass is 9.89. The molecule has 0 radical (unpaired) electrons. The minimum atomic E-state index is -0.298. The van der Waals surface area contributed by atoms with Gasteiger partial charge in [0.2, 0.25) is 5.89 Å². The van der Waals surface area contributed by atoms with E-state index in [1.54, 1.807) is 7.11 Å². The molecule has 0 bridgehead atoms. The Bertz CT molecular complexity index is 464. The zero-order chi connectivity index (χ0) is 16.9. The number of methoxy groups -OCH3 is 1. The van der Waals surface area contributed by atoms with Crippen LogP contribution in [0.5, 0.6) is 0 Å². The summed E-state index contributed by atoms with van der Waals surface area (Å²) < 4.78 is 10.3. The Morgan fingerprint density at radius 2 is 1.87 bits per heavy atom. The SMILES string of the molecule is COCCc1noc(CN2CCN(C[C@H](O)C(C)(C)C)CC2)n1. The lowest BCUT2D eigenvalue weighted by Crippen LogP contribution is -2.49. The lowest BCUT2D eigenvalue weighted by Gasteiger charge is -2.37. The molecule has 1 aliphatic heterocycles. The Labute approximate surface area is 138 Å². The highest BCUT2D eigenvalue weighted by Crippen LogP contribution is 2.20. The van der Waals surface area contributed by atoms with E-state index in [0.29, 0.717) is 31.3 Å². The van der Waals surface area contributed by atoms with Gasteiger partial charge in [0.25, 0.3) is 0 Å². The molecule has 0 unspecified atom stereocenters. The minimum absolute atomic E-state index is 0.0699. The summed E-state index contributed by atoms with van der Waals surface area (Å²) in [7, 11) is 1.66. The van der Waals surface area contributed by atoms with E-state index in [2.05, 4.69) is 40.7 Å². The van der Waals surface area contributed by atoms with Crippen LogP contribution in [-0.4, -0.2) is 77.6 Å². The van der Waals surface area contributed by atoms with Gasteiger partial charge in [-0.1, -0.05) is 25.9 Å². The average Bonchev–Trinajstić information content (AvgIpc) is 2.93. The fraction of sp³-hybridized carbons (Fsp3) is 0.875. The van der Waals surface area contributed by atoms with Crippen molar-refractivity contribution in [2.45, 2.75) is 39.8 Å². The van der Waals surface area contributed by atoms with E-state index >= 15 is 0 Å². The molecule has 2 rings (SSSR count). The fourth-order valence-electron chi connectivity index (χ4n) is 2.49. The monoisotopic (exact) mass is 326 g/mol. The number of piperazine rings is 1. The van der Waals surface area contributed by atoms with Crippen LogP contribution in [0.2, 0.25) is 0 Å². The number of aromatic nitrogens is 2. The molecule has 1 saturated heterocycles. The molecule has 1 aliphatic rings. The summed E-state index contributed by atoms with van der Waals surface area (Å²) in [6.07, 6.45) is 0.381. The predicted molar refractivity (Wildman–Crippen MR) is 87.1 cm³/mol. The van der Waals surface area contributed by atoms with Crippen LogP contribution in [-0.2, 0) is 17.7 Å². The second-order valence-corrected chi connectivity index (χ2v) is 7.31. The minimum Gasteiger partial charge on any atom is -0.391 e. The highest BCUT2D eigenvalue weighted by molar-refractivity contribution is 4.88. The number of hydrogen-bond acceptors (Lipinski definition) is 7. The Hall–Kier alpha value is -1.02. The van der Waals surface area contributed by atoms with Gasteiger partial charge in [-0.05, 0) is 5.41 Å². The zero-order valence-electron chi connectivity index (χ0n) is 14.8. The maximum Gasteiger partial charge on any atom is 0.240 e. The van der Waals surface area contributed by atoms with E-state index < -0.39 is 0 Å². The predicted octanol–water partition coefficient (Wildman–Crippen LogP) is 0.783. The normalized spacial score (nSPS) is 19.2. The maximum atomic E-state index is 10.2. The summed E-state index contributed by atoms with van der Waals surface area (Å²) in [5.41, 5.74) is -0.0699. The summed E-state index contributed by atoms with van der Waals surface area (Å²) in [6.45, 7) is 12.1. The third kappa shape index (κ3) is 5.84. The highest BCUT2D eigenvalue weighted by Gasteiger charge is 2.26. The second kappa shape index (κ2) is 8.19. The number of hydrogen-bond donors (Lipinski definition) is 1. The van der Waals surface area contributed by atoms with Crippen molar-refractivity contribution >= 4 is 0 Å².